The van der Waals surface area contributed by atoms with Crippen LogP contribution in [0.2, 0.25) is 0 Å². The molecule has 0 aromatic carbocycles. The summed E-state index contributed by atoms with van der Waals surface area (Å²) in [5.74, 6) is 3.26. The van der Waals surface area contributed by atoms with Crippen LogP contribution >= 0.6 is 11.6 Å². The highest BCUT2D eigenvalue weighted by Crippen LogP contribution is 1.93. The highest BCUT2D eigenvalue weighted by Gasteiger charge is 1.76. The Morgan fingerprint density at radius 2 is 2.22 bits per heavy atom. The Kier molecular flexibility index (Phi) is 7.24. The summed E-state index contributed by atoms with van der Waals surface area (Å²) in [6.45, 7) is 0. The van der Waals surface area contributed by atoms with Crippen molar-refractivity contribution in [3.8, 4) is 12.3 Å². The van der Waals surface area contributed by atoms with Crippen LogP contribution in [0.15, 0.2) is 12.2 Å². The fourth-order valence-corrected chi connectivity index (χ4v) is 0.619. The van der Waals surface area contributed by atoms with E-state index in [1.165, 1.54) is 0 Å². The Hall–Kier alpha value is -0.410. The molecule has 0 aliphatic rings. The molecule has 0 aliphatic heterocycles. The summed E-state index contributed by atoms with van der Waals surface area (Å²) < 4.78 is 0. The molecule has 0 spiro atoms. The first-order valence-electron chi connectivity index (χ1n) is 3.06. The first-order valence-corrected chi connectivity index (χ1v) is 3.59. The summed E-state index contributed by atoms with van der Waals surface area (Å²) in [5, 5.41) is 0. The standard InChI is InChI=1S/C8H11Cl/c1-2-3-4-5-6-7-8-9/h1,4-5H,3,6-8H2/b5-4+. The van der Waals surface area contributed by atoms with E-state index in [1.807, 2.05) is 6.08 Å². The molecule has 0 saturated heterocycles. The average molecular weight is 143 g/mol. The Bertz CT molecular complexity index is 108. The number of unbranched alkanes of at least 4 members (excludes halogenated alkanes) is 1. The van der Waals surface area contributed by atoms with Crippen LogP contribution in [0.4, 0.5) is 0 Å². The Morgan fingerprint density at radius 1 is 1.44 bits per heavy atom. The van der Waals surface area contributed by atoms with E-state index in [-0.39, 0.29) is 0 Å². The molecule has 0 heterocycles. The molecule has 0 bridgehead atoms. The molecule has 50 valence electrons. The molecule has 0 nitrogen and oxygen atoms in total. The zero-order chi connectivity index (χ0) is 6.95. The van der Waals surface area contributed by atoms with Crippen molar-refractivity contribution in [1.82, 2.24) is 0 Å². The number of terminal acetylenes is 1. The minimum atomic E-state index is 0.737. The second-order valence-electron chi connectivity index (χ2n) is 1.71. The van der Waals surface area contributed by atoms with Gasteiger partial charge < -0.3 is 0 Å². The van der Waals surface area contributed by atoms with Gasteiger partial charge in [0.05, 0.1) is 0 Å². The van der Waals surface area contributed by atoms with E-state index in [1.54, 1.807) is 0 Å². The number of alkyl halides is 1. The molecule has 9 heavy (non-hydrogen) atoms. The first-order chi connectivity index (χ1) is 4.41. The second-order valence-corrected chi connectivity index (χ2v) is 2.09. The third kappa shape index (κ3) is 7.59. The van der Waals surface area contributed by atoms with Crippen molar-refractivity contribution in [2.45, 2.75) is 19.3 Å². The fraction of sp³-hybridized carbons (Fsp3) is 0.500. The van der Waals surface area contributed by atoms with E-state index in [2.05, 4.69) is 12.0 Å². The third-order valence-electron chi connectivity index (χ3n) is 0.907. The van der Waals surface area contributed by atoms with Gasteiger partial charge in [0.15, 0.2) is 0 Å². The smallest absolute Gasteiger partial charge is 0.0267 e. The van der Waals surface area contributed by atoms with Gasteiger partial charge in [-0.3, -0.25) is 0 Å². The molecule has 1 heteroatoms. The maximum atomic E-state index is 5.44. The van der Waals surface area contributed by atoms with Crippen LogP contribution in [0.1, 0.15) is 19.3 Å². The third-order valence-corrected chi connectivity index (χ3v) is 1.17. The molecule has 0 unspecified atom stereocenters. The molecule has 0 aliphatic carbocycles. The molecule has 0 atom stereocenters. The fourth-order valence-electron chi connectivity index (χ4n) is 0.464. The highest BCUT2D eigenvalue weighted by molar-refractivity contribution is 6.17. The van der Waals surface area contributed by atoms with Crippen molar-refractivity contribution in [3.05, 3.63) is 12.2 Å². The van der Waals surface area contributed by atoms with Crippen LogP contribution in [0.25, 0.3) is 0 Å². The van der Waals surface area contributed by atoms with E-state index < -0.39 is 0 Å². The van der Waals surface area contributed by atoms with E-state index in [0.717, 1.165) is 25.1 Å². The van der Waals surface area contributed by atoms with Crippen molar-refractivity contribution >= 4 is 11.6 Å². The molecule has 0 amide bonds. The van der Waals surface area contributed by atoms with Gasteiger partial charge >= 0.3 is 0 Å². The van der Waals surface area contributed by atoms with Gasteiger partial charge in [-0.1, -0.05) is 12.2 Å². The minimum Gasteiger partial charge on any atom is -0.127 e. The van der Waals surface area contributed by atoms with Crippen molar-refractivity contribution in [3.63, 3.8) is 0 Å². The van der Waals surface area contributed by atoms with Gasteiger partial charge in [0.1, 0.15) is 0 Å². The van der Waals surface area contributed by atoms with E-state index in [4.69, 9.17) is 18.0 Å². The summed E-state index contributed by atoms with van der Waals surface area (Å²) in [5.41, 5.74) is 0. The maximum Gasteiger partial charge on any atom is 0.0267 e. The zero-order valence-corrected chi connectivity index (χ0v) is 6.19. The zero-order valence-electron chi connectivity index (χ0n) is 5.44. The van der Waals surface area contributed by atoms with Crippen LogP contribution in [0, 0.1) is 12.3 Å². The minimum absolute atomic E-state index is 0.737. The summed E-state index contributed by atoms with van der Waals surface area (Å²) in [6, 6.07) is 0. The number of halogens is 1. The van der Waals surface area contributed by atoms with Crippen molar-refractivity contribution in [2.24, 2.45) is 0 Å². The first kappa shape index (κ1) is 8.59. The van der Waals surface area contributed by atoms with Gasteiger partial charge in [0, 0.05) is 12.3 Å². The van der Waals surface area contributed by atoms with Crippen molar-refractivity contribution in [1.29, 1.82) is 0 Å². The lowest BCUT2D eigenvalue weighted by Crippen LogP contribution is -1.70. The van der Waals surface area contributed by atoms with Crippen molar-refractivity contribution < 1.29 is 0 Å². The lowest BCUT2D eigenvalue weighted by atomic mass is 10.3. The van der Waals surface area contributed by atoms with Crippen LogP contribution in [0.5, 0.6) is 0 Å². The van der Waals surface area contributed by atoms with E-state index >= 15 is 0 Å². The molecule has 0 aromatic heterocycles. The van der Waals surface area contributed by atoms with Crippen LogP contribution in [0.3, 0.4) is 0 Å². The highest BCUT2D eigenvalue weighted by atomic mass is 35.5. The Labute approximate surface area is 61.9 Å². The largest absolute Gasteiger partial charge is 0.127 e. The molecule has 0 radical (unpaired) electrons. The number of rotatable bonds is 4. The molecular weight excluding hydrogens is 132 g/mol. The van der Waals surface area contributed by atoms with Gasteiger partial charge in [0.25, 0.3) is 0 Å². The number of hydrogen-bond donors (Lipinski definition) is 0. The lowest BCUT2D eigenvalue weighted by molar-refractivity contribution is 0.963. The van der Waals surface area contributed by atoms with Gasteiger partial charge in [-0.25, -0.2) is 0 Å². The molecule has 0 N–H and O–H groups in total. The van der Waals surface area contributed by atoms with E-state index in [0.29, 0.717) is 0 Å². The summed E-state index contributed by atoms with van der Waals surface area (Å²) in [4.78, 5) is 0. The molecule has 0 aromatic rings. The maximum absolute atomic E-state index is 5.44. The molecule has 0 rings (SSSR count). The van der Waals surface area contributed by atoms with Gasteiger partial charge in [-0.05, 0) is 12.8 Å². The molecular formula is C8H11Cl. The van der Waals surface area contributed by atoms with Crippen LogP contribution in [-0.4, -0.2) is 5.88 Å². The number of hydrogen-bond acceptors (Lipinski definition) is 0. The lowest BCUT2D eigenvalue weighted by Gasteiger charge is -1.84. The topological polar surface area (TPSA) is 0 Å². The van der Waals surface area contributed by atoms with Crippen molar-refractivity contribution in [2.75, 3.05) is 5.88 Å². The predicted octanol–water partition coefficient (Wildman–Crippen LogP) is 2.58. The monoisotopic (exact) mass is 142 g/mol. The average Bonchev–Trinajstić information content (AvgIpc) is 1.89. The quantitative estimate of drug-likeness (QED) is 0.245. The molecule has 0 fully saturated rings. The predicted molar refractivity (Wildman–Crippen MR) is 42.5 cm³/mol. The molecule has 0 saturated carbocycles. The summed E-state index contributed by atoms with van der Waals surface area (Å²) in [6.07, 6.45) is 11.9. The normalized spacial score (nSPS) is 9.78. The SMILES string of the molecule is C#CC/C=C/CCCCl. The van der Waals surface area contributed by atoms with Gasteiger partial charge in [0.2, 0.25) is 0 Å². The van der Waals surface area contributed by atoms with Gasteiger partial charge in [-0.15, -0.1) is 23.9 Å². The van der Waals surface area contributed by atoms with Crippen LogP contribution < -0.4 is 0 Å². The number of allylic oxidation sites excluding steroid dienone is 2. The summed E-state index contributed by atoms with van der Waals surface area (Å²) >= 11 is 5.44. The Morgan fingerprint density at radius 3 is 2.78 bits per heavy atom. The summed E-state index contributed by atoms with van der Waals surface area (Å²) in [7, 11) is 0. The van der Waals surface area contributed by atoms with E-state index in [9.17, 15) is 0 Å². The second kappa shape index (κ2) is 7.59. The van der Waals surface area contributed by atoms with Crippen LogP contribution in [-0.2, 0) is 0 Å². The Balaban J connectivity index is 2.97. The van der Waals surface area contributed by atoms with Gasteiger partial charge in [-0.2, -0.15) is 0 Å².